The Balaban J connectivity index is 1.30. The summed E-state index contributed by atoms with van der Waals surface area (Å²) in [5.74, 6) is 0.795. The molecule has 2 aliphatic rings. The second-order valence-corrected chi connectivity index (χ2v) is 10.7. The number of nitrogens with zero attached hydrogens (tertiary/aromatic N) is 2. The fraction of sp³-hybridized carbons (Fsp3) is 0.231. The van der Waals surface area contributed by atoms with Crippen molar-refractivity contribution in [3.05, 3.63) is 84.7 Å². The molecule has 1 aromatic heterocycles. The molecule has 6 nitrogen and oxygen atoms in total. The molecule has 1 fully saturated rings. The first-order chi connectivity index (χ1) is 16.0. The van der Waals surface area contributed by atoms with E-state index in [4.69, 9.17) is 4.74 Å². The van der Waals surface area contributed by atoms with Crippen molar-refractivity contribution in [3.8, 4) is 11.4 Å². The number of piperidine rings is 1. The van der Waals surface area contributed by atoms with Crippen LogP contribution in [0.25, 0.3) is 16.5 Å². The highest BCUT2D eigenvalue weighted by molar-refractivity contribution is 7.89. The predicted octanol–water partition coefficient (Wildman–Crippen LogP) is 4.74. The molecule has 1 saturated heterocycles. The van der Waals surface area contributed by atoms with Crippen molar-refractivity contribution in [2.24, 2.45) is 0 Å². The summed E-state index contributed by atoms with van der Waals surface area (Å²) in [6.07, 6.45) is 3.43. The SMILES string of the molecule is COc1ccc2c(c1)NC1(CCN(S(=O)(=O)c3ccc4ccccc4c3)CC1)c1cccn1-2. The van der Waals surface area contributed by atoms with Crippen LogP contribution in [0.3, 0.4) is 0 Å². The normalized spacial score (nSPS) is 17.4. The smallest absolute Gasteiger partial charge is 0.243 e. The molecule has 6 rings (SSSR count). The van der Waals surface area contributed by atoms with Gasteiger partial charge in [0.2, 0.25) is 10.0 Å². The molecule has 1 spiro atoms. The minimum atomic E-state index is -3.57. The monoisotopic (exact) mass is 459 g/mol. The molecular formula is C26H25N3O3S. The Bertz CT molecular complexity index is 1470. The van der Waals surface area contributed by atoms with Crippen LogP contribution in [-0.2, 0) is 15.6 Å². The first kappa shape index (κ1) is 20.3. The summed E-state index contributed by atoms with van der Waals surface area (Å²) >= 11 is 0. The zero-order valence-electron chi connectivity index (χ0n) is 18.4. The lowest BCUT2D eigenvalue weighted by molar-refractivity contribution is 0.247. The second kappa shape index (κ2) is 7.37. The third-order valence-electron chi connectivity index (χ3n) is 7.01. The number of sulfonamides is 1. The number of hydrogen-bond donors (Lipinski definition) is 1. The summed E-state index contributed by atoms with van der Waals surface area (Å²) < 4.78 is 36.2. The summed E-state index contributed by atoms with van der Waals surface area (Å²) in [6.45, 7) is 0.902. The van der Waals surface area contributed by atoms with Crippen LogP contribution < -0.4 is 10.1 Å². The van der Waals surface area contributed by atoms with Gasteiger partial charge in [0.1, 0.15) is 5.75 Å². The maximum Gasteiger partial charge on any atom is 0.243 e. The molecular weight excluding hydrogens is 434 g/mol. The van der Waals surface area contributed by atoms with Gasteiger partial charge in [0, 0.05) is 31.0 Å². The van der Waals surface area contributed by atoms with Crippen molar-refractivity contribution in [1.29, 1.82) is 0 Å². The van der Waals surface area contributed by atoms with E-state index >= 15 is 0 Å². The molecule has 2 aliphatic heterocycles. The number of benzene rings is 3. The number of aromatic nitrogens is 1. The van der Waals surface area contributed by atoms with Crippen molar-refractivity contribution in [1.82, 2.24) is 8.87 Å². The summed E-state index contributed by atoms with van der Waals surface area (Å²) in [5, 5.41) is 5.71. The van der Waals surface area contributed by atoms with Crippen LogP contribution in [0.5, 0.6) is 5.75 Å². The summed E-state index contributed by atoms with van der Waals surface area (Å²) in [5.41, 5.74) is 2.93. The topological polar surface area (TPSA) is 63.6 Å². The maximum absolute atomic E-state index is 13.5. The maximum atomic E-state index is 13.5. The zero-order valence-corrected chi connectivity index (χ0v) is 19.2. The first-order valence-corrected chi connectivity index (χ1v) is 12.6. The fourth-order valence-corrected chi connectivity index (χ4v) is 6.70. The molecule has 3 aromatic carbocycles. The molecule has 3 heterocycles. The number of methoxy groups -OCH3 is 1. The molecule has 7 heteroatoms. The highest BCUT2D eigenvalue weighted by Crippen LogP contribution is 2.45. The molecule has 0 atom stereocenters. The van der Waals surface area contributed by atoms with Gasteiger partial charge < -0.3 is 14.6 Å². The van der Waals surface area contributed by atoms with E-state index in [1.807, 2.05) is 42.5 Å². The van der Waals surface area contributed by atoms with Gasteiger partial charge in [-0.1, -0.05) is 30.3 Å². The molecule has 0 radical (unpaired) electrons. The summed E-state index contributed by atoms with van der Waals surface area (Å²) in [6, 6.07) is 23.4. The first-order valence-electron chi connectivity index (χ1n) is 11.1. The number of anilines is 1. The Morgan fingerprint density at radius 2 is 1.70 bits per heavy atom. The Morgan fingerprint density at radius 1 is 0.909 bits per heavy atom. The molecule has 0 saturated carbocycles. The van der Waals surface area contributed by atoms with Crippen LogP contribution in [-0.4, -0.2) is 37.5 Å². The van der Waals surface area contributed by atoms with Gasteiger partial charge in [-0.15, -0.1) is 0 Å². The van der Waals surface area contributed by atoms with Gasteiger partial charge in [0.15, 0.2) is 0 Å². The van der Waals surface area contributed by atoms with Crippen LogP contribution >= 0.6 is 0 Å². The van der Waals surface area contributed by atoms with E-state index in [0.29, 0.717) is 30.8 Å². The third-order valence-corrected chi connectivity index (χ3v) is 8.91. The second-order valence-electron chi connectivity index (χ2n) is 8.77. The Hall–Kier alpha value is -3.29. The quantitative estimate of drug-likeness (QED) is 0.481. The number of rotatable bonds is 3. The molecule has 168 valence electrons. The number of fused-ring (bicyclic) bond motifs is 5. The van der Waals surface area contributed by atoms with Gasteiger partial charge in [-0.2, -0.15) is 4.31 Å². The van der Waals surface area contributed by atoms with Crippen molar-refractivity contribution in [3.63, 3.8) is 0 Å². The lowest BCUT2D eigenvalue weighted by atomic mass is 9.83. The predicted molar refractivity (Wildman–Crippen MR) is 130 cm³/mol. The fourth-order valence-electron chi connectivity index (χ4n) is 5.22. The van der Waals surface area contributed by atoms with E-state index in [0.717, 1.165) is 27.9 Å². The number of nitrogens with one attached hydrogen (secondary N) is 1. The average Bonchev–Trinajstić information content (AvgIpc) is 3.35. The van der Waals surface area contributed by atoms with E-state index in [-0.39, 0.29) is 5.54 Å². The minimum absolute atomic E-state index is 0.321. The highest BCUT2D eigenvalue weighted by Gasteiger charge is 2.44. The van der Waals surface area contributed by atoms with Crippen molar-refractivity contribution in [2.75, 3.05) is 25.5 Å². The van der Waals surface area contributed by atoms with E-state index in [1.54, 1.807) is 23.5 Å². The highest BCUT2D eigenvalue weighted by atomic mass is 32.2. The van der Waals surface area contributed by atoms with Gasteiger partial charge in [-0.25, -0.2) is 8.42 Å². The van der Waals surface area contributed by atoms with Gasteiger partial charge in [0.05, 0.1) is 28.9 Å². The molecule has 4 aromatic rings. The lowest BCUT2D eigenvalue weighted by Gasteiger charge is -2.46. The Labute approximate surface area is 193 Å². The van der Waals surface area contributed by atoms with Crippen LogP contribution in [0.4, 0.5) is 5.69 Å². The molecule has 0 amide bonds. The van der Waals surface area contributed by atoms with E-state index in [2.05, 4.69) is 34.3 Å². The van der Waals surface area contributed by atoms with E-state index in [1.165, 1.54) is 5.69 Å². The van der Waals surface area contributed by atoms with Crippen LogP contribution in [0.2, 0.25) is 0 Å². The Kier molecular flexibility index (Phi) is 4.54. The van der Waals surface area contributed by atoms with Crippen LogP contribution in [0, 0.1) is 0 Å². The summed E-state index contributed by atoms with van der Waals surface area (Å²) in [4.78, 5) is 0.354. The molecule has 33 heavy (non-hydrogen) atoms. The number of ether oxygens (including phenoxy) is 1. The van der Waals surface area contributed by atoms with E-state index < -0.39 is 10.0 Å². The Morgan fingerprint density at radius 3 is 2.48 bits per heavy atom. The molecule has 0 aliphatic carbocycles. The van der Waals surface area contributed by atoms with E-state index in [9.17, 15) is 8.42 Å². The van der Waals surface area contributed by atoms with Gasteiger partial charge in [-0.3, -0.25) is 0 Å². The minimum Gasteiger partial charge on any atom is -0.497 e. The largest absolute Gasteiger partial charge is 0.497 e. The van der Waals surface area contributed by atoms with Crippen molar-refractivity contribution < 1.29 is 13.2 Å². The van der Waals surface area contributed by atoms with Gasteiger partial charge in [-0.05, 0) is 60.0 Å². The van der Waals surface area contributed by atoms with Gasteiger partial charge >= 0.3 is 0 Å². The average molecular weight is 460 g/mol. The van der Waals surface area contributed by atoms with Gasteiger partial charge in [0.25, 0.3) is 0 Å². The summed E-state index contributed by atoms with van der Waals surface area (Å²) in [7, 11) is -1.90. The number of hydrogen-bond acceptors (Lipinski definition) is 4. The molecule has 1 N–H and O–H groups in total. The third kappa shape index (κ3) is 3.14. The molecule has 0 bridgehead atoms. The van der Waals surface area contributed by atoms with Crippen LogP contribution in [0.15, 0.2) is 83.9 Å². The van der Waals surface area contributed by atoms with Crippen molar-refractivity contribution in [2.45, 2.75) is 23.3 Å². The lowest BCUT2D eigenvalue weighted by Crippen LogP contribution is -2.50. The zero-order chi connectivity index (χ0) is 22.6. The van der Waals surface area contributed by atoms with Crippen LogP contribution in [0.1, 0.15) is 18.5 Å². The van der Waals surface area contributed by atoms with Crippen molar-refractivity contribution >= 4 is 26.5 Å². The standard InChI is InChI=1S/C26H25N3O3S/c1-32-21-9-11-24-23(18-21)27-26(25-7-4-14-29(24)25)12-15-28(16-13-26)33(30,31)22-10-8-19-5-2-3-6-20(19)17-22/h2-11,14,17-18,27H,12-13,15-16H2,1H3. The molecule has 0 unspecified atom stereocenters.